The highest BCUT2D eigenvalue weighted by atomic mass is 79.9. The first-order chi connectivity index (χ1) is 9.42. The minimum Gasteiger partial charge on any atom is -0.423 e. The van der Waals surface area contributed by atoms with Crippen LogP contribution in [0, 0.1) is 0 Å². The van der Waals surface area contributed by atoms with Gasteiger partial charge in [-0.3, -0.25) is 4.98 Å². The predicted octanol–water partition coefficient (Wildman–Crippen LogP) is 3.31. The number of halogens is 1. The fraction of sp³-hybridized carbons (Fsp3) is 0.357. The van der Waals surface area contributed by atoms with E-state index >= 15 is 0 Å². The molecule has 0 fully saturated rings. The molecular formula is C14H17BrN4O. The molecule has 0 saturated heterocycles. The van der Waals surface area contributed by atoms with Crippen LogP contribution < -0.4 is 10.1 Å². The Morgan fingerprint density at radius 1 is 1.15 bits per heavy atom. The summed E-state index contributed by atoms with van der Waals surface area (Å²) in [5.74, 6) is 0.597. The van der Waals surface area contributed by atoms with Gasteiger partial charge in [0.15, 0.2) is 5.75 Å². The molecule has 0 atom stereocenters. The largest absolute Gasteiger partial charge is 0.423 e. The van der Waals surface area contributed by atoms with Crippen LogP contribution in [0.15, 0.2) is 35.3 Å². The molecule has 0 aromatic carbocycles. The fourth-order valence-electron chi connectivity index (χ4n) is 1.41. The molecule has 1 N–H and O–H groups in total. The number of hydrogen-bond donors (Lipinski definition) is 1. The second kappa shape index (κ2) is 6.28. The van der Waals surface area contributed by atoms with Crippen LogP contribution in [0.4, 0.5) is 0 Å². The topological polar surface area (TPSA) is 59.9 Å². The van der Waals surface area contributed by atoms with Gasteiger partial charge in [0, 0.05) is 40.7 Å². The SMILES string of the molecule is CC(C)(C)NCc1cnc(Oc2cncc(Br)c2)nc1. The lowest BCUT2D eigenvalue weighted by Crippen LogP contribution is -2.35. The van der Waals surface area contributed by atoms with E-state index in [1.165, 1.54) is 0 Å². The molecule has 0 spiro atoms. The van der Waals surface area contributed by atoms with Gasteiger partial charge in [-0.2, -0.15) is 0 Å². The van der Waals surface area contributed by atoms with Crippen molar-refractivity contribution < 1.29 is 4.74 Å². The summed E-state index contributed by atoms with van der Waals surface area (Å²) in [5.41, 5.74) is 1.08. The number of pyridine rings is 1. The van der Waals surface area contributed by atoms with Gasteiger partial charge in [-0.25, -0.2) is 9.97 Å². The summed E-state index contributed by atoms with van der Waals surface area (Å²) in [6.45, 7) is 7.07. The van der Waals surface area contributed by atoms with Crippen LogP contribution in [0.2, 0.25) is 0 Å². The molecule has 0 aliphatic rings. The molecule has 0 radical (unpaired) electrons. The Kier molecular flexibility index (Phi) is 4.67. The number of nitrogens with zero attached hydrogens (tertiary/aromatic N) is 3. The summed E-state index contributed by atoms with van der Waals surface area (Å²) in [4.78, 5) is 12.4. The second-order valence-corrected chi connectivity index (χ2v) is 6.33. The van der Waals surface area contributed by atoms with Crippen LogP contribution >= 0.6 is 15.9 Å². The van der Waals surface area contributed by atoms with Gasteiger partial charge in [0.05, 0.1) is 6.20 Å². The van der Waals surface area contributed by atoms with Crippen molar-refractivity contribution in [2.45, 2.75) is 32.9 Å². The third-order valence-corrected chi connectivity index (χ3v) is 2.83. The smallest absolute Gasteiger partial charge is 0.321 e. The molecule has 20 heavy (non-hydrogen) atoms. The normalized spacial score (nSPS) is 11.4. The van der Waals surface area contributed by atoms with Crippen molar-refractivity contribution in [3.8, 4) is 11.8 Å². The van der Waals surface area contributed by atoms with Crippen LogP contribution in [0.3, 0.4) is 0 Å². The van der Waals surface area contributed by atoms with Crippen LogP contribution in [0.25, 0.3) is 0 Å². The molecule has 2 rings (SSSR count). The average Bonchev–Trinajstić information content (AvgIpc) is 2.37. The van der Waals surface area contributed by atoms with E-state index in [4.69, 9.17) is 4.74 Å². The quantitative estimate of drug-likeness (QED) is 0.927. The number of aromatic nitrogens is 3. The molecule has 0 amide bonds. The van der Waals surface area contributed by atoms with Crippen LogP contribution in [0.1, 0.15) is 26.3 Å². The van der Waals surface area contributed by atoms with Gasteiger partial charge in [-0.15, -0.1) is 0 Å². The van der Waals surface area contributed by atoms with Crippen molar-refractivity contribution in [1.82, 2.24) is 20.3 Å². The molecule has 0 unspecified atom stereocenters. The Morgan fingerprint density at radius 2 is 1.85 bits per heavy atom. The van der Waals surface area contributed by atoms with Crippen molar-refractivity contribution in [1.29, 1.82) is 0 Å². The first-order valence-corrected chi connectivity index (χ1v) is 7.06. The maximum atomic E-state index is 5.52. The third-order valence-electron chi connectivity index (χ3n) is 2.39. The lowest BCUT2D eigenvalue weighted by Gasteiger charge is -2.20. The van der Waals surface area contributed by atoms with Crippen LogP contribution in [-0.2, 0) is 6.54 Å². The van der Waals surface area contributed by atoms with E-state index in [-0.39, 0.29) is 5.54 Å². The van der Waals surface area contributed by atoms with Crippen molar-refractivity contribution in [3.05, 3.63) is 40.9 Å². The number of hydrogen-bond acceptors (Lipinski definition) is 5. The summed E-state index contributed by atoms with van der Waals surface area (Å²) in [5, 5.41) is 3.38. The van der Waals surface area contributed by atoms with Gasteiger partial charge < -0.3 is 10.1 Å². The Balaban J connectivity index is 1.98. The molecule has 2 heterocycles. The van der Waals surface area contributed by atoms with Gasteiger partial charge in [-0.1, -0.05) is 0 Å². The molecular weight excluding hydrogens is 320 g/mol. The highest BCUT2D eigenvalue weighted by molar-refractivity contribution is 9.10. The van der Waals surface area contributed by atoms with Gasteiger partial charge in [0.25, 0.3) is 0 Å². The molecule has 0 bridgehead atoms. The van der Waals surface area contributed by atoms with Gasteiger partial charge in [-0.05, 0) is 42.8 Å². The van der Waals surface area contributed by atoms with Gasteiger partial charge >= 0.3 is 6.01 Å². The fourth-order valence-corrected chi connectivity index (χ4v) is 1.75. The molecule has 5 nitrogen and oxygen atoms in total. The maximum Gasteiger partial charge on any atom is 0.321 e. The summed E-state index contributed by atoms with van der Waals surface area (Å²) in [6.07, 6.45) is 6.82. The van der Waals surface area contributed by atoms with E-state index in [0.29, 0.717) is 11.8 Å². The zero-order valence-electron chi connectivity index (χ0n) is 11.7. The van der Waals surface area contributed by atoms with E-state index < -0.39 is 0 Å². The Morgan fingerprint density at radius 3 is 2.45 bits per heavy atom. The van der Waals surface area contributed by atoms with Crippen molar-refractivity contribution in [2.75, 3.05) is 0 Å². The number of ether oxygens (including phenoxy) is 1. The minimum absolute atomic E-state index is 0.0666. The minimum atomic E-state index is 0.0666. The molecule has 2 aromatic heterocycles. The molecule has 106 valence electrons. The second-order valence-electron chi connectivity index (χ2n) is 5.42. The Bertz CT molecular complexity index is 566. The van der Waals surface area contributed by atoms with E-state index in [0.717, 1.165) is 16.6 Å². The third kappa shape index (κ3) is 4.86. The molecule has 6 heteroatoms. The van der Waals surface area contributed by atoms with Gasteiger partial charge in [0.2, 0.25) is 0 Å². The van der Waals surface area contributed by atoms with E-state index in [2.05, 4.69) is 57.0 Å². The standard InChI is InChI=1S/C14H17BrN4O/c1-14(2,3)19-7-10-5-17-13(18-6-10)20-12-4-11(15)8-16-9-12/h4-6,8-9,19H,7H2,1-3H3. The molecule has 0 saturated carbocycles. The van der Waals surface area contributed by atoms with Crippen LogP contribution in [0.5, 0.6) is 11.8 Å². The highest BCUT2D eigenvalue weighted by Gasteiger charge is 2.09. The molecule has 0 aliphatic heterocycles. The molecule has 0 aliphatic carbocycles. The zero-order valence-corrected chi connectivity index (χ0v) is 13.3. The highest BCUT2D eigenvalue weighted by Crippen LogP contribution is 2.20. The van der Waals surface area contributed by atoms with E-state index in [1.807, 2.05) is 6.07 Å². The Labute approximate surface area is 127 Å². The van der Waals surface area contributed by atoms with E-state index in [9.17, 15) is 0 Å². The van der Waals surface area contributed by atoms with Crippen LogP contribution in [-0.4, -0.2) is 20.5 Å². The number of rotatable bonds is 4. The first kappa shape index (κ1) is 14.9. The monoisotopic (exact) mass is 336 g/mol. The lowest BCUT2D eigenvalue weighted by molar-refractivity contribution is 0.419. The summed E-state index contributed by atoms with van der Waals surface area (Å²) >= 11 is 3.33. The maximum absolute atomic E-state index is 5.52. The van der Waals surface area contributed by atoms with Crippen molar-refractivity contribution >= 4 is 15.9 Å². The lowest BCUT2D eigenvalue weighted by atomic mass is 10.1. The summed E-state index contributed by atoms with van der Waals surface area (Å²) in [7, 11) is 0. The first-order valence-electron chi connectivity index (χ1n) is 6.27. The van der Waals surface area contributed by atoms with E-state index in [1.54, 1.807) is 24.8 Å². The zero-order chi connectivity index (χ0) is 14.6. The van der Waals surface area contributed by atoms with Gasteiger partial charge in [0.1, 0.15) is 0 Å². The summed E-state index contributed by atoms with van der Waals surface area (Å²) in [6, 6.07) is 2.12. The summed E-state index contributed by atoms with van der Waals surface area (Å²) < 4.78 is 6.37. The van der Waals surface area contributed by atoms with Crippen molar-refractivity contribution in [3.63, 3.8) is 0 Å². The average molecular weight is 337 g/mol. The predicted molar refractivity (Wildman–Crippen MR) is 80.6 cm³/mol. The van der Waals surface area contributed by atoms with Crippen molar-refractivity contribution in [2.24, 2.45) is 0 Å². The number of nitrogens with one attached hydrogen (secondary N) is 1. The molecule has 2 aromatic rings. The Hall–Kier alpha value is -1.53.